The van der Waals surface area contributed by atoms with Crippen molar-refractivity contribution in [1.82, 2.24) is 84.1 Å². The standard InChI is InChI=1S/C26H29N7O.C24H24FN7O.C21H20N6O2S/c1-16-4-9-20-21(14-16)31-25(30-20)23-24(27)28-15-22(29-23)17-5-7-18(8-6-17)26(34)33-12-10-19(11-13-33)32(2)3;25-17-13-15(7-8-16(17)24(33)27-9-12-32-10-3-4-11-32)20-14-28-22(26)21(29-20)23-30-18-5-1-2-6-19(18)31-23;22-20-19(21-25-16-5-1-2-6-17(16)26-21)24-18(13-23-20)14-7-9-15(10-8-14)30(28,29)27-11-3-4-12-27/h4-9,14-15,19H,10-13H2,1-3H3,(H2,27,28)(H,30,31);1-2,5-8,13-14H,3-4,9-12H2,(H2,26,28)(H,27,33)(H,30,31);1-2,5-10,13H,3-4,11-12H2,(H2,22,23)(H,25,26). The zero-order chi connectivity index (χ0) is 67.3. The summed E-state index contributed by atoms with van der Waals surface area (Å²) in [6.07, 6.45) is 10.9. The first kappa shape index (κ1) is 64.8. The van der Waals surface area contributed by atoms with Crippen molar-refractivity contribution in [1.29, 1.82) is 0 Å². The number of aryl methyl sites for hydroxylation is 1. The van der Waals surface area contributed by atoms with Gasteiger partial charge in [0.25, 0.3) is 11.8 Å². The number of nitrogens with zero attached hydrogens (tertiary/aromatic N) is 13. The molecule has 24 nitrogen and oxygen atoms in total. The third-order valence-electron chi connectivity index (χ3n) is 17.7. The van der Waals surface area contributed by atoms with Crippen LogP contribution in [0.4, 0.5) is 21.8 Å². The van der Waals surface area contributed by atoms with E-state index >= 15 is 0 Å². The number of halogens is 1. The quantitative estimate of drug-likeness (QED) is 0.0532. The predicted molar refractivity (Wildman–Crippen MR) is 374 cm³/mol. The smallest absolute Gasteiger partial charge is 0.254 e. The molecular formula is C71H73FN20O4S. The number of nitrogens with two attached hydrogens (primary N) is 3. The van der Waals surface area contributed by atoms with Gasteiger partial charge in [0.15, 0.2) is 34.9 Å². The molecule has 0 aliphatic carbocycles. The maximum absolute atomic E-state index is 14.8. The molecule has 10 N–H and O–H groups in total. The van der Waals surface area contributed by atoms with E-state index in [0.717, 1.165) is 108 Å². The Morgan fingerprint density at radius 3 is 1.56 bits per heavy atom. The summed E-state index contributed by atoms with van der Waals surface area (Å²) in [7, 11) is 0.749. The largest absolute Gasteiger partial charge is 0.382 e. The fourth-order valence-corrected chi connectivity index (χ4v) is 13.7. The minimum atomic E-state index is -3.45. The maximum atomic E-state index is 14.8. The molecule has 9 heterocycles. The number of benzene rings is 6. The summed E-state index contributed by atoms with van der Waals surface area (Å²) in [4.78, 5) is 82.3. The van der Waals surface area contributed by atoms with E-state index in [4.69, 9.17) is 22.2 Å². The van der Waals surface area contributed by atoms with Gasteiger partial charge in [0.05, 0.1) is 79.2 Å². The molecule has 3 aliphatic heterocycles. The molecule has 0 saturated carbocycles. The summed E-state index contributed by atoms with van der Waals surface area (Å²) in [6, 6.07) is 40.5. The highest BCUT2D eigenvalue weighted by molar-refractivity contribution is 7.89. The van der Waals surface area contributed by atoms with Gasteiger partial charge < -0.3 is 52.2 Å². The zero-order valence-corrected chi connectivity index (χ0v) is 54.7. The molecule has 15 rings (SSSR count). The van der Waals surface area contributed by atoms with Gasteiger partial charge in [-0.2, -0.15) is 4.31 Å². The second-order valence-electron chi connectivity index (χ2n) is 24.5. The van der Waals surface area contributed by atoms with Crippen LogP contribution in [0, 0.1) is 12.7 Å². The number of imidazole rings is 3. The SMILES string of the molecule is Cc1ccc2nc(-c3nc(-c4ccc(C(=O)N5CCC(N(C)C)CC5)cc4)cnc3N)[nH]c2c1.Nc1ncc(-c2ccc(C(=O)NCCN3CCCC3)c(F)c2)nc1-c1nc2ccccc2[nH]1.Nc1ncc(-c2ccc(S(=O)(=O)N3CCCC3)cc2)nc1-c1nc2ccccc2[nH]1. The minimum absolute atomic E-state index is 0.00100. The summed E-state index contributed by atoms with van der Waals surface area (Å²) in [5.41, 5.74) is 30.3. The van der Waals surface area contributed by atoms with Crippen molar-refractivity contribution in [2.75, 3.05) is 83.7 Å². The molecule has 3 aliphatic rings. The Hall–Kier alpha value is -10.9. The summed E-state index contributed by atoms with van der Waals surface area (Å²) in [6.45, 7) is 8.13. The molecule has 494 valence electrons. The van der Waals surface area contributed by atoms with E-state index in [1.807, 2.05) is 103 Å². The van der Waals surface area contributed by atoms with Crippen molar-refractivity contribution in [2.45, 2.75) is 56.4 Å². The second kappa shape index (κ2) is 28.2. The van der Waals surface area contributed by atoms with Gasteiger partial charge in [-0.05, 0) is 151 Å². The molecule has 6 aromatic carbocycles. The van der Waals surface area contributed by atoms with Crippen LogP contribution in [0.2, 0.25) is 0 Å². The Balaban J connectivity index is 0.000000131. The number of piperidine rings is 1. The third-order valence-corrected chi connectivity index (χ3v) is 19.6. The summed E-state index contributed by atoms with van der Waals surface area (Å²) >= 11 is 0. The van der Waals surface area contributed by atoms with Gasteiger partial charge in [-0.25, -0.2) is 57.7 Å². The first-order chi connectivity index (χ1) is 47.0. The van der Waals surface area contributed by atoms with E-state index in [0.29, 0.717) is 94.3 Å². The molecule has 0 bridgehead atoms. The zero-order valence-electron chi connectivity index (χ0n) is 53.9. The average Bonchev–Trinajstić information content (AvgIpc) is 1.80. The van der Waals surface area contributed by atoms with Crippen LogP contribution >= 0.6 is 0 Å². The summed E-state index contributed by atoms with van der Waals surface area (Å²) in [5.74, 6) is 1.44. The molecule has 0 atom stereocenters. The number of anilines is 3. The van der Waals surface area contributed by atoms with Crippen molar-refractivity contribution in [3.63, 3.8) is 0 Å². The Bertz CT molecular complexity index is 4900. The molecule has 0 radical (unpaired) electrons. The molecule has 26 heteroatoms. The van der Waals surface area contributed by atoms with Gasteiger partial charge >= 0.3 is 0 Å². The number of sulfonamides is 1. The molecule has 0 spiro atoms. The first-order valence-corrected chi connectivity index (χ1v) is 33.7. The van der Waals surface area contributed by atoms with Crippen molar-refractivity contribution >= 4 is 72.4 Å². The molecule has 3 fully saturated rings. The van der Waals surface area contributed by atoms with E-state index in [2.05, 4.69) is 84.0 Å². The van der Waals surface area contributed by atoms with E-state index < -0.39 is 21.7 Å². The maximum Gasteiger partial charge on any atom is 0.254 e. The molecule has 97 heavy (non-hydrogen) atoms. The fraction of sp³-hybridized carbons (Fsp3) is 0.254. The number of H-pyrrole nitrogens is 3. The Kier molecular flexibility index (Phi) is 18.8. The fourth-order valence-electron chi connectivity index (χ4n) is 12.2. The van der Waals surface area contributed by atoms with Crippen molar-refractivity contribution in [2.24, 2.45) is 0 Å². The molecule has 2 amide bonds. The molecular weight excluding hydrogens is 1250 g/mol. The number of fused-ring (bicyclic) bond motifs is 3. The molecule has 12 aromatic rings. The van der Waals surface area contributed by atoms with Crippen LogP contribution < -0.4 is 22.5 Å². The number of aromatic nitrogens is 12. The van der Waals surface area contributed by atoms with Gasteiger partial charge in [-0.15, -0.1) is 0 Å². The Labute approximate surface area is 559 Å². The Morgan fingerprint density at radius 2 is 1.04 bits per heavy atom. The van der Waals surface area contributed by atoms with Crippen LogP contribution in [0.3, 0.4) is 0 Å². The van der Waals surface area contributed by atoms with Gasteiger partial charge in [0.2, 0.25) is 10.0 Å². The van der Waals surface area contributed by atoms with Gasteiger partial charge in [-0.3, -0.25) is 9.59 Å². The number of hydrogen-bond acceptors (Lipinski definition) is 18. The number of carbonyl (C=O) groups is 2. The Morgan fingerprint density at radius 1 is 0.567 bits per heavy atom. The highest BCUT2D eigenvalue weighted by atomic mass is 32.2. The second-order valence-corrected chi connectivity index (χ2v) is 26.4. The van der Waals surface area contributed by atoms with Crippen LogP contribution in [0.5, 0.6) is 0 Å². The van der Waals surface area contributed by atoms with Gasteiger partial charge in [-0.1, -0.05) is 60.7 Å². The first-order valence-electron chi connectivity index (χ1n) is 32.2. The van der Waals surface area contributed by atoms with Gasteiger partial charge in [0.1, 0.15) is 22.9 Å². The van der Waals surface area contributed by atoms with E-state index in [9.17, 15) is 22.4 Å². The van der Waals surface area contributed by atoms with Gasteiger partial charge in [0, 0.05) is 67.6 Å². The lowest BCUT2D eigenvalue weighted by atomic mass is 10.0. The number of amides is 2. The van der Waals surface area contributed by atoms with E-state index in [-0.39, 0.29) is 28.0 Å². The third kappa shape index (κ3) is 14.4. The monoisotopic (exact) mass is 1320 g/mol. The number of para-hydroxylation sites is 4. The lowest BCUT2D eigenvalue weighted by Crippen LogP contribution is -2.44. The van der Waals surface area contributed by atoms with Crippen molar-refractivity contribution in [3.05, 3.63) is 175 Å². The summed E-state index contributed by atoms with van der Waals surface area (Å²) < 4.78 is 41.8. The number of nitrogens with one attached hydrogen (secondary N) is 4. The topological polar surface area (TPSA) is 335 Å². The number of hydrogen-bond donors (Lipinski definition) is 7. The summed E-state index contributed by atoms with van der Waals surface area (Å²) in [5, 5.41) is 2.80. The molecule has 0 unspecified atom stereocenters. The minimum Gasteiger partial charge on any atom is -0.382 e. The van der Waals surface area contributed by atoms with Crippen LogP contribution in [-0.2, 0) is 10.0 Å². The average molecular weight is 1320 g/mol. The van der Waals surface area contributed by atoms with Crippen LogP contribution in [-0.4, -0.2) is 172 Å². The van der Waals surface area contributed by atoms with Crippen LogP contribution in [0.15, 0.2) is 157 Å². The number of nitrogen functional groups attached to an aromatic ring is 3. The highest BCUT2D eigenvalue weighted by Crippen LogP contribution is 2.32. The van der Waals surface area contributed by atoms with E-state index in [1.54, 1.807) is 42.7 Å². The van der Waals surface area contributed by atoms with Crippen LogP contribution in [0.1, 0.15) is 64.8 Å². The lowest BCUT2D eigenvalue weighted by Gasteiger charge is -2.35. The number of likely N-dealkylation sites (tertiary alicyclic amines) is 2. The predicted octanol–water partition coefficient (Wildman–Crippen LogP) is 10.0. The van der Waals surface area contributed by atoms with Crippen LogP contribution in [0.25, 0.3) is 101 Å². The van der Waals surface area contributed by atoms with Crippen molar-refractivity contribution in [3.8, 4) is 68.3 Å². The lowest BCUT2D eigenvalue weighted by molar-refractivity contribution is 0.0663. The number of carbonyl (C=O) groups excluding carboxylic acids is 2. The van der Waals surface area contributed by atoms with Crippen molar-refractivity contribution < 1.29 is 22.4 Å². The molecule has 6 aromatic heterocycles. The number of rotatable bonds is 14. The van der Waals surface area contributed by atoms with E-state index in [1.165, 1.54) is 35.5 Å². The highest BCUT2D eigenvalue weighted by Gasteiger charge is 2.28. The molecule has 3 saturated heterocycles. The normalized spacial score (nSPS) is 14.6. The number of aromatic amines is 3.